The van der Waals surface area contributed by atoms with E-state index in [9.17, 15) is 13.2 Å². The molecule has 1 fully saturated rings. The molecule has 0 spiro atoms. The fraction of sp³-hybridized carbons (Fsp3) is 0.389. The molecule has 1 aliphatic rings. The number of nitrogens with zero attached hydrogens (tertiary/aromatic N) is 2. The van der Waals surface area contributed by atoms with Crippen LogP contribution in [0.3, 0.4) is 0 Å². The zero-order valence-electron chi connectivity index (χ0n) is 15.1. The van der Waals surface area contributed by atoms with Crippen LogP contribution in [0.25, 0.3) is 0 Å². The minimum Gasteiger partial charge on any atom is -0.497 e. The van der Waals surface area contributed by atoms with Crippen molar-refractivity contribution in [3.63, 3.8) is 0 Å². The van der Waals surface area contributed by atoms with Gasteiger partial charge in [0.15, 0.2) is 0 Å². The Bertz CT molecular complexity index is 876. The van der Waals surface area contributed by atoms with Gasteiger partial charge in [-0.2, -0.15) is 4.31 Å². The highest BCUT2D eigenvalue weighted by atomic mass is 32.2. The van der Waals surface area contributed by atoms with Gasteiger partial charge in [-0.15, -0.1) is 11.3 Å². The van der Waals surface area contributed by atoms with Crippen LogP contribution in [0.2, 0.25) is 0 Å². The van der Waals surface area contributed by atoms with Gasteiger partial charge >= 0.3 is 0 Å². The monoisotopic (exact) mass is 394 g/mol. The van der Waals surface area contributed by atoms with E-state index < -0.39 is 10.0 Å². The van der Waals surface area contributed by atoms with E-state index in [1.807, 2.05) is 11.4 Å². The maximum atomic E-state index is 13.1. The molecule has 140 valence electrons. The molecule has 0 N–H and O–H groups in total. The molecule has 2 aromatic rings. The van der Waals surface area contributed by atoms with E-state index in [1.165, 1.54) is 15.6 Å². The number of carbonyl (C=O) groups is 1. The predicted octanol–water partition coefficient (Wildman–Crippen LogP) is 2.52. The van der Waals surface area contributed by atoms with E-state index in [0.717, 1.165) is 0 Å². The number of aryl methyl sites for hydroxylation is 2. The SMILES string of the molecule is COc1cc(C)c(S(=O)(=O)N2CCN(C(=O)c3cccs3)CC2)c(C)c1. The Kier molecular flexibility index (Phi) is 5.36. The lowest BCUT2D eigenvalue weighted by molar-refractivity contribution is 0.0702. The summed E-state index contributed by atoms with van der Waals surface area (Å²) in [6.45, 7) is 4.93. The Morgan fingerprint density at radius 3 is 2.23 bits per heavy atom. The first-order valence-corrected chi connectivity index (χ1v) is 10.6. The number of piperazine rings is 1. The predicted molar refractivity (Wildman–Crippen MR) is 101 cm³/mol. The second kappa shape index (κ2) is 7.38. The van der Waals surface area contributed by atoms with Crippen LogP contribution in [-0.2, 0) is 10.0 Å². The average Bonchev–Trinajstić information content (AvgIpc) is 3.15. The summed E-state index contributed by atoms with van der Waals surface area (Å²) in [5, 5.41) is 1.86. The first-order chi connectivity index (χ1) is 12.3. The summed E-state index contributed by atoms with van der Waals surface area (Å²) in [4.78, 5) is 15.1. The Hall–Kier alpha value is -1.90. The second-order valence-corrected chi connectivity index (χ2v) is 9.09. The number of ether oxygens (including phenoxy) is 1. The highest BCUT2D eigenvalue weighted by Crippen LogP contribution is 2.29. The smallest absolute Gasteiger partial charge is 0.264 e. The van der Waals surface area contributed by atoms with Gasteiger partial charge in [0.1, 0.15) is 5.75 Å². The van der Waals surface area contributed by atoms with Crippen LogP contribution < -0.4 is 4.74 Å². The molecule has 1 aliphatic heterocycles. The van der Waals surface area contributed by atoms with E-state index in [2.05, 4.69) is 0 Å². The van der Waals surface area contributed by atoms with Gasteiger partial charge in [0.2, 0.25) is 10.0 Å². The fourth-order valence-corrected chi connectivity index (χ4v) is 5.78. The lowest BCUT2D eigenvalue weighted by atomic mass is 10.1. The Balaban J connectivity index is 1.78. The van der Waals surface area contributed by atoms with Crippen molar-refractivity contribution in [1.29, 1.82) is 0 Å². The fourth-order valence-electron chi connectivity index (χ4n) is 3.25. The molecule has 2 heterocycles. The molecule has 1 aromatic heterocycles. The molecular weight excluding hydrogens is 372 g/mol. The third kappa shape index (κ3) is 3.49. The van der Waals surface area contributed by atoms with E-state index in [4.69, 9.17) is 4.74 Å². The van der Waals surface area contributed by atoms with E-state index in [1.54, 1.807) is 44.1 Å². The van der Waals surface area contributed by atoms with Gasteiger partial charge in [0, 0.05) is 26.2 Å². The van der Waals surface area contributed by atoms with Crippen molar-refractivity contribution in [2.75, 3.05) is 33.3 Å². The summed E-state index contributed by atoms with van der Waals surface area (Å²) in [7, 11) is -2.05. The number of methoxy groups -OCH3 is 1. The van der Waals surface area contributed by atoms with Gasteiger partial charge in [-0.05, 0) is 48.6 Å². The van der Waals surface area contributed by atoms with Crippen LogP contribution >= 0.6 is 11.3 Å². The van der Waals surface area contributed by atoms with Crippen molar-refractivity contribution in [2.24, 2.45) is 0 Å². The van der Waals surface area contributed by atoms with Gasteiger partial charge in [-0.25, -0.2) is 8.42 Å². The van der Waals surface area contributed by atoms with Crippen LogP contribution in [-0.4, -0.2) is 56.8 Å². The molecule has 3 rings (SSSR count). The molecule has 0 bridgehead atoms. The molecule has 1 aromatic carbocycles. The number of amides is 1. The molecule has 0 radical (unpaired) electrons. The standard InChI is InChI=1S/C18H22N2O4S2/c1-13-11-15(24-3)12-14(2)17(13)26(22,23)20-8-6-19(7-9-20)18(21)16-5-4-10-25-16/h4-5,10-12H,6-9H2,1-3H3. The lowest BCUT2D eigenvalue weighted by Gasteiger charge is -2.34. The molecule has 26 heavy (non-hydrogen) atoms. The van der Waals surface area contributed by atoms with Crippen molar-refractivity contribution in [1.82, 2.24) is 9.21 Å². The summed E-state index contributed by atoms with van der Waals surface area (Å²) in [5.41, 5.74) is 1.33. The van der Waals surface area contributed by atoms with Crippen molar-refractivity contribution in [3.8, 4) is 5.75 Å². The van der Waals surface area contributed by atoms with Crippen molar-refractivity contribution < 1.29 is 17.9 Å². The topological polar surface area (TPSA) is 66.9 Å². The summed E-state index contributed by atoms with van der Waals surface area (Å²) >= 11 is 1.40. The quantitative estimate of drug-likeness (QED) is 0.799. The highest BCUT2D eigenvalue weighted by Gasteiger charge is 2.32. The Morgan fingerprint density at radius 1 is 1.12 bits per heavy atom. The van der Waals surface area contributed by atoms with Crippen LogP contribution in [0.1, 0.15) is 20.8 Å². The van der Waals surface area contributed by atoms with Crippen LogP contribution in [0, 0.1) is 13.8 Å². The van der Waals surface area contributed by atoms with Gasteiger partial charge in [0.25, 0.3) is 5.91 Å². The molecule has 0 saturated carbocycles. The third-order valence-corrected chi connectivity index (χ3v) is 7.59. The summed E-state index contributed by atoms with van der Waals surface area (Å²) in [6.07, 6.45) is 0. The maximum Gasteiger partial charge on any atom is 0.264 e. The average molecular weight is 395 g/mol. The minimum atomic E-state index is -3.61. The number of carbonyl (C=O) groups excluding carboxylic acids is 1. The molecule has 8 heteroatoms. The maximum absolute atomic E-state index is 13.1. The number of rotatable bonds is 4. The molecule has 1 amide bonds. The van der Waals surface area contributed by atoms with Gasteiger partial charge < -0.3 is 9.64 Å². The number of hydrogen-bond acceptors (Lipinski definition) is 5. The summed E-state index contributed by atoms with van der Waals surface area (Å²) in [5.74, 6) is 0.610. The second-order valence-electron chi connectivity index (χ2n) is 6.26. The zero-order chi connectivity index (χ0) is 18.9. The number of benzene rings is 1. The molecule has 1 saturated heterocycles. The molecular formula is C18H22N2O4S2. The van der Waals surface area contributed by atoms with Crippen molar-refractivity contribution >= 4 is 27.3 Å². The minimum absolute atomic E-state index is 0.0335. The van der Waals surface area contributed by atoms with E-state index >= 15 is 0 Å². The van der Waals surface area contributed by atoms with Crippen LogP contribution in [0.4, 0.5) is 0 Å². The van der Waals surface area contributed by atoms with Crippen molar-refractivity contribution in [2.45, 2.75) is 18.7 Å². The van der Waals surface area contributed by atoms with E-state index in [0.29, 0.717) is 52.8 Å². The Labute approximate surface area is 158 Å². The Morgan fingerprint density at radius 2 is 1.73 bits per heavy atom. The molecule has 0 unspecified atom stereocenters. The number of thiophene rings is 1. The molecule has 0 atom stereocenters. The first-order valence-electron chi connectivity index (χ1n) is 8.32. The van der Waals surface area contributed by atoms with Crippen LogP contribution in [0.15, 0.2) is 34.5 Å². The largest absolute Gasteiger partial charge is 0.497 e. The first kappa shape index (κ1) is 18.9. The van der Waals surface area contributed by atoms with Gasteiger partial charge in [-0.1, -0.05) is 6.07 Å². The van der Waals surface area contributed by atoms with Crippen LogP contribution in [0.5, 0.6) is 5.75 Å². The summed E-state index contributed by atoms with van der Waals surface area (Å²) < 4.78 is 32.9. The summed E-state index contributed by atoms with van der Waals surface area (Å²) in [6, 6.07) is 7.10. The van der Waals surface area contributed by atoms with Crippen molar-refractivity contribution in [3.05, 3.63) is 45.6 Å². The third-order valence-electron chi connectivity index (χ3n) is 4.53. The molecule has 0 aliphatic carbocycles. The lowest BCUT2D eigenvalue weighted by Crippen LogP contribution is -2.50. The zero-order valence-corrected chi connectivity index (χ0v) is 16.7. The van der Waals surface area contributed by atoms with E-state index in [-0.39, 0.29) is 5.91 Å². The molecule has 6 nitrogen and oxygen atoms in total. The van der Waals surface area contributed by atoms with Gasteiger partial charge in [-0.3, -0.25) is 4.79 Å². The normalized spacial score (nSPS) is 15.9. The number of hydrogen-bond donors (Lipinski definition) is 0. The number of sulfonamides is 1. The van der Waals surface area contributed by atoms with Gasteiger partial charge in [0.05, 0.1) is 16.9 Å². The highest BCUT2D eigenvalue weighted by molar-refractivity contribution is 7.89.